The summed E-state index contributed by atoms with van der Waals surface area (Å²) >= 11 is 1.35. The average molecular weight is 286 g/mol. The number of likely N-dealkylation sites (N-methyl/N-ethyl adjacent to an activating group) is 1. The van der Waals surface area contributed by atoms with E-state index in [1.54, 1.807) is 11.9 Å². The maximum absolute atomic E-state index is 11.7. The average Bonchev–Trinajstić information content (AvgIpc) is 2.74. The van der Waals surface area contributed by atoms with E-state index in [4.69, 9.17) is 5.11 Å². The lowest BCUT2D eigenvalue weighted by atomic mass is 10.2. The van der Waals surface area contributed by atoms with Crippen LogP contribution < -0.4 is 5.32 Å². The molecule has 0 aliphatic heterocycles. The fourth-order valence-electron chi connectivity index (χ4n) is 1.29. The number of hydrogen-bond donors (Lipinski definition) is 2. The van der Waals surface area contributed by atoms with Crippen LogP contribution in [0.15, 0.2) is 0 Å². The number of carboxylic acid groups (broad SMARTS) is 1. The summed E-state index contributed by atoms with van der Waals surface area (Å²) < 4.78 is 0. The highest BCUT2D eigenvalue weighted by Gasteiger charge is 2.12. The molecule has 7 nitrogen and oxygen atoms in total. The Balaban J connectivity index is 2.39. The normalized spacial score (nSPS) is 11.0. The minimum absolute atomic E-state index is 0.0140. The molecule has 0 spiro atoms. The molecule has 0 atom stereocenters. The monoisotopic (exact) mass is 286 g/mol. The number of nitrogens with zero attached hydrogens (tertiary/aromatic N) is 3. The van der Waals surface area contributed by atoms with Crippen LogP contribution in [0.25, 0.3) is 0 Å². The van der Waals surface area contributed by atoms with Gasteiger partial charge in [0.2, 0.25) is 11.0 Å². The van der Waals surface area contributed by atoms with Crippen molar-refractivity contribution in [2.75, 3.05) is 25.5 Å². The van der Waals surface area contributed by atoms with E-state index >= 15 is 0 Å². The van der Waals surface area contributed by atoms with Gasteiger partial charge in [0.05, 0.1) is 13.0 Å². The van der Waals surface area contributed by atoms with Crippen molar-refractivity contribution in [2.45, 2.75) is 26.2 Å². The van der Waals surface area contributed by atoms with E-state index in [2.05, 4.69) is 15.5 Å². The van der Waals surface area contributed by atoms with E-state index in [-0.39, 0.29) is 24.8 Å². The second-order valence-corrected chi connectivity index (χ2v) is 5.54. The molecule has 1 rings (SSSR count). The molecule has 0 saturated heterocycles. The van der Waals surface area contributed by atoms with E-state index in [1.165, 1.54) is 11.3 Å². The van der Waals surface area contributed by atoms with Gasteiger partial charge in [-0.1, -0.05) is 25.2 Å². The van der Waals surface area contributed by atoms with Crippen molar-refractivity contribution in [1.82, 2.24) is 15.1 Å². The summed E-state index contributed by atoms with van der Waals surface area (Å²) in [7, 11) is 1.70. The summed E-state index contributed by atoms with van der Waals surface area (Å²) in [5.41, 5.74) is 0. The number of carbonyl (C=O) groups excluding carboxylic acids is 1. The lowest BCUT2D eigenvalue weighted by Gasteiger charge is -2.13. The van der Waals surface area contributed by atoms with Crippen LogP contribution in [-0.2, 0) is 9.59 Å². The van der Waals surface area contributed by atoms with E-state index in [0.717, 1.165) is 5.01 Å². The molecular formula is C11H18N4O3S. The number of anilines is 1. The Hall–Kier alpha value is -1.54. The molecule has 19 heavy (non-hydrogen) atoms. The summed E-state index contributed by atoms with van der Waals surface area (Å²) in [5, 5.41) is 20.4. The Bertz CT molecular complexity index is 447. The SMILES string of the molecule is CC(C)c1nnc(NC(=O)CN(C)CCC(=O)O)s1. The summed E-state index contributed by atoms with van der Waals surface area (Å²) in [5.74, 6) is -0.821. The predicted octanol–water partition coefficient (Wildman–Crippen LogP) is 1.01. The molecule has 1 aromatic rings. The van der Waals surface area contributed by atoms with Crippen LogP contribution in [0.2, 0.25) is 0 Å². The number of aromatic nitrogens is 2. The Labute approximate surface area is 115 Å². The van der Waals surface area contributed by atoms with Gasteiger partial charge in [-0.05, 0) is 7.05 Å². The maximum atomic E-state index is 11.7. The van der Waals surface area contributed by atoms with Crippen molar-refractivity contribution in [1.29, 1.82) is 0 Å². The van der Waals surface area contributed by atoms with Gasteiger partial charge < -0.3 is 5.11 Å². The molecule has 0 aliphatic carbocycles. The highest BCUT2D eigenvalue weighted by Crippen LogP contribution is 2.22. The lowest BCUT2D eigenvalue weighted by Crippen LogP contribution is -2.31. The van der Waals surface area contributed by atoms with E-state index in [0.29, 0.717) is 11.7 Å². The van der Waals surface area contributed by atoms with Crippen molar-refractivity contribution in [2.24, 2.45) is 0 Å². The van der Waals surface area contributed by atoms with Crippen LogP contribution in [0.1, 0.15) is 31.2 Å². The third kappa shape index (κ3) is 5.75. The number of carboxylic acids is 1. The van der Waals surface area contributed by atoms with Crippen LogP contribution in [0.4, 0.5) is 5.13 Å². The molecule has 0 saturated carbocycles. The highest BCUT2D eigenvalue weighted by atomic mass is 32.1. The zero-order chi connectivity index (χ0) is 14.4. The van der Waals surface area contributed by atoms with Gasteiger partial charge >= 0.3 is 5.97 Å². The molecule has 8 heteroatoms. The fraction of sp³-hybridized carbons (Fsp3) is 0.636. The molecule has 1 heterocycles. The second kappa shape index (κ2) is 7.15. The Morgan fingerprint density at radius 2 is 2.11 bits per heavy atom. The molecule has 0 fully saturated rings. The van der Waals surface area contributed by atoms with Gasteiger partial charge in [0.15, 0.2) is 0 Å². The third-order valence-corrected chi connectivity index (χ3v) is 3.44. The number of nitrogens with one attached hydrogen (secondary N) is 1. The maximum Gasteiger partial charge on any atom is 0.304 e. The molecular weight excluding hydrogens is 268 g/mol. The van der Waals surface area contributed by atoms with Crippen LogP contribution in [0, 0.1) is 0 Å². The zero-order valence-electron chi connectivity index (χ0n) is 11.2. The van der Waals surface area contributed by atoms with Crippen molar-refractivity contribution in [3.05, 3.63) is 5.01 Å². The van der Waals surface area contributed by atoms with Gasteiger partial charge in [0.1, 0.15) is 5.01 Å². The van der Waals surface area contributed by atoms with E-state index in [9.17, 15) is 9.59 Å². The standard InChI is InChI=1S/C11H18N4O3S/c1-7(2)10-13-14-11(19-10)12-8(16)6-15(3)5-4-9(17)18/h7H,4-6H2,1-3H3,(H,17,18)(H,12,14,16). The number of carbonyl (C=O) groups is 2. The summed E-state index contributed by atoms with van der Waals surface area (Å²) in [6.45, 7) is 4.47. The summed E-state index contributed by atoms with van der Waals surface area (Å²) in [6.07, 6.45) is 0.0140. The second-order valence-electron chi connectivity index (χ2n) is 4.53. The third-order valence-electron chi connectivity index (χ3n) is 2.30. The number of hydrogen-bond acceptors (Lipinski definition) is 6. The topological polar surface area (TPSA) is 95.4 Å². The van der Waals surface area contributed by atoms with Gasteiger partial charge in [-0.2, -0.15) is 0 Å². The highest BCUT2D eigenvalue weighted by molar-refractivity contribution is 7.15. The quantitative estimate of drug-likeness (QED) is 0.776. The first-order valence-electron chi connectivity index (χ1n) is 5.92. The number of aliphatic carboxylic acids is 1. The number of amides is 1. The van der Waals surface area contributed by atoms with Gasteiger partial charge in [-0.25, -0.2) is 0 Å². The molecule has 2 N–H and O–H groups in total. The molecule has 0 aliphatic rings. The molecule has 1 aromatic heterocycles. The van der Waals surface area contributed by atoms with Crippen LogP contribution in [0.5, 0.6) is 0 Å². The lowest BCUT2D eigenvalue weighted by molar-refractivity contribution is -0.137. The van der Waals surface area contributed by atoms with Crippen LogP contribution in [0.3, 0.4) is 0 Å². The first kappa shape index (κ1) is 15.5. The molecule has 0 aromatic carbocycles. The van der Waals surface area contributed by atoms with Crippen molar-refractivity contribution in [3.63, 3.8) is 0 Å². The minimum Gasteiger partial charge on any atom is -0.481 e. The Morgan fingerprint density at radius 1 is 1.42 bits per heavy atom. The van der Waals surface area contributed by atoms with Crippen molar-refractivity contribution in [3.8, 4) is 0 Å². The first-order chi connectivity index (χ1) is 8.88. The molecule has 0 unspecified atom stereocenters. The molecule has 0 bridgehead atoms. The van der Waals surface area contributed by atoms with Gasteiger partial charge in [-0.15, -0.1) is 10.2 Å². The summed E-state index contributed by atoms with van der Waals surface area (Å²) in [6, 6.07) is 0. The summed E-state index contributed by atoms with van der Waals surface area (Å²) in [4.78, 5) is 23.7. The van der Waals surface area contributed by atoms with Gasteiger partial charge in [-0.3, -0.25) is 19.8 Å². The van der Waals surface area contributed by atoms with Crippen LogP contribution in [-0.4, -0.2) is 52.2 Å². The zero-order valence-corrected chi connectivity index (χ0v) is 12.0. The fourth-order valence-corrected chi connectivity index (χ4v) is 2.05. The molecule has 0 radical (unpaired) electrons. The van der Waals surface area contributed by atoms with Gasteiger partial charge in [0.25, 0.3) is 0 Å². The van der Waals surface area contributed by atoms with Crippen LogP contribution >= 0.6 is 11.3 Å². The Morgan fingerprint density at radius 3 is 2.63 bits per heavy atom. The van der Waals surface area contributed by atoms with Crippen molar-refractivity contribution < 1.29 is 14.7 Å². The smallest absolute Gasteiger partial charge is 0.304 e. The Kier molecular flexibility index (Phi) is 5.84. The molecule has 106 valence electrons. The van der Waals surface area contributed by atoms with E-state index in [1.807, 2.05) is 13.8 Å². The molecule has 1 amide bonds. The van der Waals surface area contributed by atoms with Crippen molar-refractivity contribution >= 4 is 28.3 Å². The number of rotatable bonds is 7. The van der Waals surface area contributed by atoms with E-state index < -0.39 is 5.97 Å². The predicted molar refractivity (Wildman–Crippen MR) is 72.4 cm³/mol. The van der Waals surface area contributed by atoms with Gasteiger partial charge in [0, 0.05) is 12.5 Å². The minimum atomic E-state index is -0.877. The largest absolute Gasteiger partial charge is 0.481 e. The first-order valence-corrected chi connectivity index (χ1v) is 6.73.